The van der Waals surface area contributed by atoms with Crippen LogP contribution in [0.4, 0.5) is 0 Å². The smallest absolute Gasteiger partial charge is 0.0601 e. The molecule has 3 nitrogen and oxygen atoms in total. The molecule has 0 aromatic carbocycles. The molecule has 0 heterocycles. The van der Waals surface area contributed by atoms with E-state index in [1.807, 2.05) is 6.92 Å². The van der Waals surface area contributed by atoms with Gasteiger partial charge in [-0.05, 0) is 19.9 Å². The van der Waals surface area contributed by atoms with Gasteiger partial charge >= 0.3 is 0 Å². The van der Waals surface area contributed by atoms with Gasteiger partial charge in [0.15, 0.2) is 0 Å². The highest BCUT2D eigenvalue weighted by Gasteiger charge is 1.89. The van der Waals surface area contributed by atoms with Crippen LogP contribution in [0, 0.1) is 0 Å². The molecule has 0 spiro atoms. The number of nitrogens with one attached hydrogen (secondary N) is 1. The molecule has 0 amide bonds. The highest BCUT2D eigenvalue weighted by molar-refractivity contribution is 6.17. The first-order valence-electron chi connectivity index (χ1n) is 4.84. The molecule has 80 valence electrons. The zero-order chi connectivity index (χ0) is 9.78. The van der Waals surface area contributed by atoms with Gasteiger partial charge < -0.3 is 14.8 Å². The molecular formula is C9H20ClNO2. The quantitative estimate of drug-likeness (QED) is 0.434. The van der Waals surface area contributed by atoms with Crippen LogP contribution in [0.5, 0.6) is 0 Å². The van der Waals surface area contributed by atoms with Gasteiger partial charge in [-0.2, -0.15) is 0 Å². The summed E-state index contributed by atoms with van der Waals surface area (Å²) in [6, 6.07) is 0. The second-order valence-corrected chi connectivity index (χ2v) is 2.98. The van der Waals surface area contributed by atoms with Crippen LogP contribution in [-0.2, 0) is 9.47 Å². The van der Waals surface area contributed by atoms with Gasteiger partial charge in [0.25, 0.3) is 0 Å². The molecule has 4 heteroatoms. The molecular weight excluding hydrogens is 190 g/mol. The summed E-state index contributed by atoms with van der Waals surface area (Å²) >= 11 is 5.44. The normalized spacial score (nSPS) is 10.6. The number of ether oxygens (including phenoxy) is 2. The van der Waals surface area contributed by atoms with Gasteiger partial charge in [0.2, 0.25) is 0 Å². The van der Waals surface area contributed by atoms with E-state index >= 15 is 0 Å². The molecule has 0 saturated heterocycles. The third-order valence-corrected chi connectivity index (χ3v) is 1.65. The third kappa shape index (κ3) is 12.2. The van der Waals surface area contributed by atoms with Gasteiger partial charge in [-0.25, -0.2) is 0 Å². The Morgan fingerprint density at radius 2 is 1.92 bits per heavy atom. The van der Waals surface area contributed by atoms with Crippen LogP contribution in [0.3, 0.4) is 0 Å². The minimum atomic E-state index is 0.581. The van der Waals surface area contributed by atoms with Crippen molar-refractivity contribution in [3.8, 4) is 0 Å². The molecule has 0 radical (unpaired) electrons. The van der Waals surface area contributed by atoms with Crippen LogP contribution in [-0.4, -0.2) is 45.4 Å². The lowest BCUT2D eigenvalue weighted by molar-refractivity contribution is 0.139. The maximum atomic E-state index is 5.44. The van der Waals surface area contributed by atoms with Crippen molar-refractivity contribution in [3.63, 3.8) is 0 Å². The van der Waals surface area contributed by atoms with Crippen molar-refractivity contribution in [2.45, 2.75) is 13.3 Å². The molecule has 1 N–H and O–H groups in total. The number of hydrogen-bond donors (Lipinski definition) is 1. The SMILES string of the molecule is CCOCCNCCCOCCCl. The number of rotatable bonds is 10. The van der Waals surface area contributed by atoms with E-state index in [1.165, 1.54) is 0 Å². The first kappa shape index (κ1) is 13.2. The van der Waals surface area contributed by atoms with Gasteiger partial charge in [-0.15, -0.1) is 11.6 Å². The lowest BCUT2D eigenvalue weighted by Crippen LogP contribution is -2.21. The average molecular weight is 210 g/mol. The second kappa shape index (κ2) is 12.2. The van der Waals surface area contributed by atoms with Crippen molar-refractivity contribution >= 4 is 11.6 Å². The Kier molecular flexibility index (Phi) is 12.3. The first-order valence-corrected chi connectivity index (χ1v) is 5.37. The maximum absolute atomic E-state index is 5.44. The lowest BCUT2D eigenvalue weighted by Gasteiger charge is -2.04. The minimum Gasteiger partial charge on any atom is -0.380 e. The van der Waals surface area contributed by atoms with Crippen LogP contribution in [0.2, 0.25) is 0 Å². The van der Waals surface area contributed by atoms with E-state index in [1.54, 1.807) is 0 Å². The average Bonchev–Trinajstić information content (AvgIpc) is 2.16. The zero-order valence-electron chi connectivity index (χ0n) is 8.35. The van der Waals surface area contributed by atoms with E-state index in [4.69, 9.17) is 21.1 Å². The van der Waals surface area contributed by atoms with E-state index in [0.29, 0.717) is 12.5 Å². The van der Waals surface area contributed by atoms with Gasteiger partial charge in [0.05, 0.1) is 13.2 Å². The summed E-state index contributed by atoms with van der Waals surface area (Å²) in [5, 5.41) is 3.26. The van der Waals surface area contributed by atoms with Crippen LogP contribution >= 0.6 is 11.6 Å². The Morgan fingerprint density at radius 1 is 1.08 bits per heavy atom. The molecule has 0 saturated carbocycles. The highest BCUT2D eigenvalue weighted by atomic mass is 35.5. The molecule has 0 aliphatic heterocycles. The fourth-order valence-electron chi connectivity index (χ4n) is 0.870. The minimum absolute atomic E-state index is 0.581. The summed E-state index contributed by atoms with van der Waals surface area (Å²) in [7, 11) is 0. The molecule has 0 aromatic rings. The van der Waals surface area contributed by atoms with Crippen molar-refractivity contribution < 1.29 is 9.47 Å². The number of hydrogen-bond acceptors (Lipinski definition) is 3. The lowest BCUT2D eigenvalue weighted by atomic mass is 10.4. The Labute approximate surface area is 85.7 Å². The molecule has 0 atom stereocenters. The predicted octanol–water partition coefficient (Wildman–Crippen LogP) is 1.26. The maximum Gasteiger partial charge on any atom is 0.0601 e. The van der Waals surface area contributed by atoms with Gasteiger partial charge in [0, 0.05) is 25.6 Å². The van der Waals surface area contributed by atoms with E-state index in [0.717, 1.165) is 39.3 Å². The Balaban J connectivity index is 2.76. The number of halogens is 1. The summed E-state index contributed by atoms with van der Waals surface area (Å²) in [5.41, 5.74) is 0. The molecule has 0 aliphatic carbocycles. The molecule has 0 fully saturated rings. The fraction of sp³-hybridized carbons (Fsp3) is 1.00. The summed E-state index contributed by atoms with van der Waals surface area (Å²) in [4.78, 5) is 0. The van der Waals surface area contributed by atoms with E-state index in [-0.39, 0.29) is 0 Å². The van der Waals surface area contributed by atoms with Crippen molar-refractivity contribution in [2.75, 3.05) is 45.4 Å². The molecule has 0 aliphatic rings. The monoisotopic (exact) mass is 209 g/mol. The Bertz CT molecular complexity index is 83.7. The summed E-state index contributed by atoms with van der Waals surface area (Å²) < 4.78 is 10.4. The Hall–Kier alpha value is 0.170. The molecule has 0 unspecified atom stereocenters. The van der Waals surface area contributed by atoms with Crippen molar-refractivity contribution in [1.29, 1.82) is 0 Å². The summed E-state index contributed by atoms with van der Waals surface area (Å²) in [5.74, 6) is 0.581. The Morgan fingerprint density at radius 3 is 2.62 bits per heavy atom. The van der Waals surface area contributed by atoms with Crippen molar-refractivity contribution in [3.05, 3.63) is 0 Å². The van der Waals surface area contributed by atoms with Gasteiger partial charge in [0.1, 0.15) is 0 Å². The second-order valence-electron chi connectivity index (χ2n) is 2.60. The van der Waals surface area contributed by atoms with Crippen LogP contribution in [0.15, 0.2) is 0 Å². The summed E-state index contributed by atoms with van der Waals surface area (Å²) in [6.45, 7) is 6.92. The zero-order valence-corrected chi connectivity index (χ0v) is 9.11. The third-order valence-electron chi connectivity index (χ3n) is 1.49. The highest BCUT2D eigenvalue weighted by Crippen LogP contribution is 1.83. The molecule has 0 bridgehead atoms. The van der Waals surface area contributed by atoms with Crippen LogP contribution in [0.1, 0.15) is 13.3 Å². The van der Waals surface area contributed by atoms with Crippen molar-refractivity contribution in [2.24, 2.45) is 0 Å². The fourth-order valence-corrected chi connectivity index (χ4v) is 0.979. The molecule has 0 rings (SSSR count). The first-order chi connectivity index (χ1) is 6.41. The van der Waals surface area contributed by atoms with Crippen LogP contribution < -0.4 is 5.32 Å². The largest absolute Gasteiger partial charge is 0.380 e. The molecule has 0 aromatic heterocycles. The topological polar surface area (TPSA) is 30.5 Å². The predicted molar refractivity (Wildman–Crippen MR) is 55.5 cm³/mol. The van der Waals surface area contributed by atoms with Gasteiger partial charge in [-0.3, -0.25) is 0 Å². The molecule has 13 heavy (non-hydrogen) atoms. The van der Waals surface area contributed by atoms with Gasteiger partial charge in [-0.1, -0.05) is 0 Å². The van der Waals surface area contributed by atoms with E-state index in [9.17, 15) is 0 Å². The number of alkyl halides is 1. The van der Waals surface area contributed by atoms with Crippen molar-refractivity contribution in [1.82, 2.24) is 5.32 Å². The summed E-state index contributed by atoms with van der Waals surface area (Å²) in [6.07, 6.45) is 1.03. The van der Waals surface area contributed by atoms with E-state index in [2.05, 4.69) is 5.32 Å². The van der Waals surface area contributed by atoms with Crippen LogP contribution in [0.25, 0.3) is 0 Å². The van der Waals surface area contributed by atoms with E-state index < -0.39 is 0 Å². The standard InChI is InChI=1S/C9H20ClNO2/c1-2-12-9-6-11-5-3-7-13-8-4-10/h11H,2-9H2,1H3.